The van der Waals surface area contributed by atoms with Crippen LogP contribution >= 0.6 is 12.4 Å². The highest BCUT2D eigenvalue weighted by atomic mass is 35.5. The number of alkyl halides is 3. The molecule has 1 aromatic carbocycles. The number of rotatable bonds is 4. The Bertz CT molecular complexity index is 550. The van der Waals surface area contributed by atoms with Crippen molar-refractivity contribution in [2.75, 3.05) is 31.5 Å². The number of nitrogens with zero attached hydrogens (tertiary/aromatic N) is 2. The molecule has 1 saturated heterocycles. The van der Waals surface area contributed by atoms with Gasteiger partial charge in [-0.15, -0.1) is 12.4 Å². The van der Waals surface area contributed by atoms with Gasteiger partial charge in [-0.2, -0.15) is 13.2 Å². The van der Waals surface area contributed by atoms with Crippen LogP contribution in [0.5, 0.6) is 0 Å². The van der Waals surface area contributed by atoms with E-state index in [2.05, 4.69) is 24.1 Å². The van der Waals surface area contributed by atoms with Crippen molar-refractivity contribution in [3.8, 4) is 0 Å². The number of halogens is 4. The summed E-state index contributed by atoms with van der Waals surface area (Å²) in [7, 11) is 0. The molecule has 24 heavy (non-hydrogen) atoms. The molecule has 0 saturated carbocycles. The van der Waals surface area contributed by atoms with Crippen LogP contribution in [0.3, 0.4) is 0 Å². The van der Waals surface area contributed by atoms with Crippen LogP contribution in [0.4, 0.5) is 23.7 Å². The lowest BCUT2D eigenvalue weighted by Crippen LogP contribution is -2.39. The number of likely N-dealkylation sites (N-methyl/N-ethyl adjacent to an activating group) is 1. The minimum atomic E-state index is -4.41. The molecule has 0 spiro atoms. The highest BCUT2D eigenvalue weighted by Gasteiger charge is 2.31. The summed E-state index contributed by atoms with van der Waals surface area (Å²) in [5, 5.41) is 2.56. The topological polar surface area (TPSA) is 35.6 Å². The van der Waals surface area contributed by atoms with Crippen LogP contribution in [0.1, 0.15) is 25.8 Å². The van der Waals surface area contributed by atoms with Gasteiger partial charge >= 0.3 is 12.2 Å². The van der Waals surface area contributed by atoms with Gasteiger partial charge in [0.1, 0.15) is 0 Å². The molecule has 0 aliphatic carbocycles. The van der Waals surface area contributed by atoms with Crippen molar-refractivity contribution >= 4 is 24.1 Å². The van der Waals surface area contributed by atoms with E-state index in [-0.39, 0.29) is 24.1 Å². The minimum Gasteiger partial charge on any atom is -0.323 e. The van der Waals surface area contributed by atoms with Crippen molar-refractivity contribution in [1.82, 2.24) is 9.80 Å². The molecule has 0 bridgehead atoms. The van der Waals surface area contributed by atoms with Gasteiger partial charge in [-0.05, 0) is 37.7 Å². The zero-order chi connectivity index (χ0) is 17.0. The zero-order valence-electron chi connectivity index (χ0n) is 13.8. The Morgan fingerprint density at radius 2 is 2.00 bits per heavy atom. The van der Waals surface area contributed by atoms with Crippen LogP contribution in [0, 0.1) is 0 Å². The normalized spacial score (nSPS) is 17.8. The minimum absolute atomic E-state index is 0. The highest BCUT2D eigenvalue weighted by Crippen LogP contribution is 2.30. The first kappa shape index (κ1) is 20.6. The average Bonchev–Trinajstić information content (AvgIpc) is 2.98. The van der Waals surface area contributed by atoms with E-state index in [1.807, 2.05) is 0 Å². The number of benzene rings is 1. The number of hydrogen-bond acceptors (Lipinski definition) is 2. The van der Waals surface area contributed by atoms with Gasteiger partial charge in [-0.1, -0.05) is 19.9 Å². The van der Waals surface area contributed by atoms with E-state index in [0.29, 0.717) is 19.1 Å². The van der Waals surface area contributed by atoms with Gasteiger partial charge in [0.25, 0.3) is 0 Å². The summed E-state index contributed by atoms with van der Waals surface area (Å²) in [5.41, 5.74) is -0.603. The van der Waals surface area contributed by atoms with Gasteiger partial charge in [0, 0.05) is 24.8 Å². The number of likely N-dealkylation sites (tertiary alicyclic amines) is 1. The van der Waals surface area contributed by atoms with Crippen molar-refractivity contribution < 1.29 is 18.0 Å². The molecule has 1 fully saturated rings. The monoisotopic (exact) mass is 365 g/mol. The lowest BCUT2D eigenvalue weighted by atomic mass is 10.2. The maximum Gasteiger partial charge on any atom is 0.416 e. The Morgan fingerprint density at radius 3 is 2.58 bits per heavy atom. The molecule has 1 aliphatic rings. The fourth-order valence-electron chi connectivity index (χ4n) is 2.94. The second-order valence-electron chi connectivity index (χ2n) is 5.62. The second kappa shape index (κ2) is 8.58. The molecule has 1 unspecified atom stereocenters. The number of urea groups is 1. The van der Waals surface area contributed by atoms with Gasteiger partial charge in [0.15, 0.2) is 0 Å². The fourth-order valence-corrected chi connectivity index (χ4v) is 2.94. The maximum absolute atomic E-state index is 12.7. The van der Waals surface area contributed by atoms with Crippen LogP contribution in [0.25, 0.3) is 0 Å². The third kappa shape index (κ3) is 5.01. The third-order valence-corrected chi connectivity index (χ3v) is 4.22. The SMILES string of the molecule is CCN(CC)C1CCN(C(=O)Nc2cccc(C(F)(F)F)c2)C1.Cl. The molecule has 4 nitrogen and oxygen atoms in total. The predicted octanol–water partition coefficient (Wildman–Crippen LogP) is 4.08. The van der Waals surface area contributed by atoms with Gasteiger partial charge in [0.2, 0.25) is 0 Å². The largest absolute Gasteiger partial charge is 0.416 e. The number of hydrogen-bond donors (Lipinski definition) is 1. The zero-order valence-corrected chi connectivity index (χ0v) is 14.6. The van der Waals surface area contributed by atoms with E-state index in [4.69, 9.17) is 0 Å². The molecule has 0 radical (unpaired) electrons. The first-order chi connectivity index (χ1) is 10.8. The number of nitrogens with one attached hydrogen (secondary N) is 1. The van der Waals surface area contributed by atoms with Crippen LogP contribution in [-0.4, -0.2) is 48.1 Å². The molecule has 1 N–H and O–H groups in total. The van der Waals surface area contributed by atoms with Crippen LogP contribution in [-0.2, 0) is 6.18 Å². The Balaban J connectivity index is 0.00000288. The maximum atomic E-state index is 12.7. The van der Waals surface area contributed by atoms with Crippen molar-refractivity contribution in [3.05, 3.63) is 29.8 Å². The predicted molar refractivity (Wildman–Crippen MR) is 90.6 cm³/mol. The number of anilines is 1. The molecule has 1 heterocycles. The number of carbonyl (C=O) groups excluding carboxylic acids is 1. The quantitative estimate of drug-likeness (QED) is 0.872. The molecule has 2 rings (SSSR count). The van der Waals surface area contributed by atoms with Crippen molar-refractivity contribution in [1.29, 1.82) is 0 Å². The van der Waals surface area contributed by atoms with Crippen molar-refractivity contribution in [3.63, 3.8) is 0 Å². The molecule has 1 atom stereocenters. The second-order valence-corrected chi connectivity index (χ2v) is 5.62. The van der Waals surface area contributed by atoms with Gasteiger partial charge in [-0.25, -0.2) is 4.79 Å². The highest BCUT2D eigenvalue weighted by molar-refractivity contribution is 5.89. The molecule has 1 aliphatic heterocycles. The molecule has 2 amide bonds. The lowest BCUT2D eigenvalue weighted by Gasteiger charge is -2.26. The van der Waals surface area contributed by atoms with Crippen molar-refractivity contribution in [2.45, 2.75) is 32.5 Å². The Morgan fingerprint density at radius 1 is 1.33 bits per heavy atom. The van der Waals surface area contributed by atoms with Crippen LogP contribution in [0.15, 0.2) is 24.3 Å². The molecule has 0 aromatic heterocycles. The smallest absolute Gasteiger partial charge is 0.323 e. The van der Waals surface area contributed by atoms with Gasteiger partial charge in [-0.3, -0.25) is 4.90 Å². The summed E-state index contributed by atoms with van der Waals surface area (Å²) >= 11 is 0. The Hall–Kier alpha value is -1.47. The summed E-state index contributed by atoms with van der Waals surface area (Å²) in [6.45, 7) is 7.22. The average molecular weight is 366 g/mol. The van der Waals surface area contributed by atoms with E-state index in [1.165, 1.54) is 12.1 Å². The Kier molecular flexibility index (Phi) is 7.35. The summed E-state index contributed by atoms with van der Waals surface area (Å²) in [4.78, 5) is 16.2. The number of carbonyl (C=O) groups is 1. The molecular weight excluding hydrogens is 343 g/mol. The van der Waals surface area contributed by atoms with Crippen LogP contribution < -0.4 is 5.32 Å². The van der Waals surface area contributed by atoms with Crippen LogP contribution in [0.2, 0.25) is 0 Å². The van der Waals surface area contributed by atoms with E-state index in [1.54, 1.807) is 4.90 Å². The van der Waals surface area contributed by atoms with E-state index < -0.39 is 11.7 Å². The van der Waals surface area contributed by atoms with E-state index in [0.717, 1.165) is 31.6 Å². The summed E-state index contributed by atoms with van der Waals surface area (Å²) < 4.78 is 38.1. The van der Waals surface area contributed by atoms with E-state index >= 15 is 0 Å². The fraction of sp³-hybridized carbons (Fsp3) is 0.562. The number of amides is 2. The molecular formula is C16H23ClF3N3O. The lowest BCUT2D eigenvalue weighted by molar-refractivity contribution is -0.137. The van der Waals surface area contributed by atoms with Gasteiger partial charge < -0.3 is 10.2 Å². The molecule has 1 aromatic rings. The summed E-state index contributed by atoms with van der Waals surface area (Å²) in [6, 6.07) is 4.67. The van der Waals surface area contributed by atoms with Crippen molar-refractivity contribution in [2.24, 2.45) is 0 Å². The third-order valence-electron chi connectivity index (χ3n) is 4.22. The van der Waals surface area contributed by atoms with Gasteiger partial charge in [0.05, 0.1) is 5.56 Å². The molecule has 136 valence electrons. The Labute approximate surface area is 146 Å². The summed E-state index contributed by atoms with van der Waals surface area (Å²) in [6.07, 6.45) is -3.53. The van der Waals surface area contributed by atoms with E-state index in [9.17, 15) is 18.0 Å². The first-order valence-corrected chi connectivity index (χ1v) is 7.82. The standard InChI is InChI=1S/C16H22F3N3O.ClH/c1-3-21(4-2)14-8-9-22(11-14)15(23)20-13-7-5-6-12(10-13)16(17,18)19;/h5-7,10,14H,3-4,8-9,11H2,1-2H3,(H,20,23);1H. The molecule has 8 heteroatoms. The summed E-state index contributed by atoms with van der Waals surface area (Å²) in [5.74, 6) is 0. The first-order valence-electron chi connectivity index (χ1n) is 7.82.